The summed E-state index contributed by atoms with van der Waals surface area (Å²) in [7, 11) is 0. The normalized spacial score (nSPS) is 32.1. The topological polar surface area (TPSA) is 84.2 Å². The van der Waals surface area contributed by atoms with Crippen LogP contribution in [-0.2, 0) is 21.7 Å². The van der Waals surface area contributed by atoms with E-state index in [-0.39, 0.29) is 21.7 Å². The Balaban J connectivity index is 0.767. The van der Waals surface area contributed by atoms with Crippen molar-refractivity contribution < 1.29 is 0 Å². The Morgan fingerprint density at radius 1 is 0.250 bits per heavy atom. The van der Waals surface area contributed by atoms with Crippen molar-refractivity contribution in [2.75, 3.05) is 20.0 Å². The van der Waals surface area contributed by atoms with Crippen molar-refractivity contribution >= 4 is 77.8 Å². The first-order valence-corrected chi connectivity index (χ1v) is 42.2. The Hall–Kier alpha value is -9.16. The van der Waals surface area contributed by atoms with Crippen LogP contribution in [0.2, 0.25) is 0 Å². The highest BCUT2D eigenvalue weighted by Gasteiger charge is 2.56. The molecule has 0 saturated heterocycles. The molecule has 0 amide bonds. The van der Waals surface area contributed by atoms with E-state index in [0.717, 1.165) is 161 Å². The zero-order valence-corrected chi connectivity index (χ0v) is 63.6. The van der Waals surface area contributed by atoms with Crippen LogP contribution in [-0.4, -0.2) is 38.6 Å². The highest BCUT2D eigenvalue weighted by Crippen LogP contribution is 2.66. The lowest BCUT2D eigenvalue weighted by Gasteiger charge is -2.57. The van der Waals surface area contributed by atoms with Crippen LogP contribution in [0.5, 0.6) is 0 Å². The molecule has 16 aliphatic rings. The number of hydrogen-bond donors (Lipinski definition) is 0. The zero-order valence-electron chi connectivity index (χ0n) is 63.6. The molecule has 0 spiro atoms. The summed E-state index contributed by atoms with van der Waals surface area (Å²) in [6.45, 7) is 8.87. The van der Waals surface area contributed by atoms with Crippen LogP contribution in [0.3, 0.4) is 0 Å². The lowest BCUT2D eigenvalue weighted by atomic mass is 9.48. The third-order valence-electron chi connectivity index (χ3n) is 31.8. The second kappa shape index (κ2) is 23.2. The standard InChI is InChI=1S/C96H102N12/c1-59-51-97-55-101(59)105(79-13-5-75(6-14-79)93-39-63-25-64(40-93)27-65(26-63)41-93)87-37-88(106(102-56-98-52-60(102)2)80-15-7-76(8-16-80)94-42-66-28-67(43-94)30-68(29-66)44-94)84-23-24-86-90(108(104-58-100-54-62(104)4)82-19-11-78(12-20-82)96-48-72-34-73(49-96)36-74(35-72)50-96)38-89(85-22-21-83(87)91(84)92(85)86)107(103-57-99-53-61(103)3)81-17-9-77(10-18-81)95-45-69-31-70(46-95)33-71(32-69)47-95/h5-24,37-38,51-58,63-74H,25-36,39-50H2,1-4H3. The largest absolute Gasteiger partial charge is 0.248 e. The van der Waals surface area contributed by atoms with E-state index < -0.39 is 0 Å². The molecule has 0 atom stereocenters. The van der Waals surface area contributed by atoms with E-state index in [9.17, 15) is 0 Å². The molecule has 12 aromatic rings. The smallest absolute Gasteiger partial charge is 0.115 e. The van der Waals surface area contributed by atoms with Crippen molar-refractivity contribution in [3.8, 4) is 0 Å². The second-order valence-electron chi connectivity index (χ2n) is 38.6. The first-order valence-electron chi connectivity index (χ1n) is 42.2. The van der Waals surface area contributed by atoms with Gasteiger partial charge in [-0.3, -0.25) is 0 Å². The van der Waals surface area contributed by atoms with E-state index in [1.54, 1.807) is 0 Å². The molecule has 12 heteroatoms. The highest BCUT2D eigenvalue weighted by molar-refractivity contribution is 6.32. The molecule has 546 valence electrons. The number of aryl methyl sites for hydroxylation is 4. The van der Waals surface area contributed by atoms with E-state index in [0.29, 0.717) is 0 Å². The molecule has 0 unspecified atom stereocenters. The monoisotopic (exact) mass is 1420 g/mol. The zero-order chi connectivity index (χ0) is 71.3. The summed E-state index contributed by atoms with van der Waals surface area (Å²) in [6, 6.07) is 54.9. The molecule has 16 aliphatic carbocycles. The van der Waals surface area contributed by atoms with Crippen molar-refractivity contribution in [2.24, 2.45) is 71.0 Å². The van der Waals surface area contributed by atoms with E-state index in [4.69, 9.17) is 19.9 Å². The number of imidazole rings is 4. The molecule has 0 aliphatic heterocycles. The maximum absolute atomic E-state index is 4.99. The van der Waals surface area contributed by atoms with E-state index in [1.807, 2.05) is 50.1 Å². The lowest BCUT2D eigenvalue weighted by molar-refractivity contribution is -0.00530. The minimum Gasteiger partial charge on any atom is -0.248 e. The predicted octanol–water partition coefficient (Wildman–Crippen LogP) is 22.9. The maximum Gasteiger partial charge on any atom is 0.115 e. The summed E-state index contributed by atoms with van der Waals surface area (Å²) >= 11 is 0. The third-order valence-corrected chi connectivity index (χ3v) is 31.8. The molecular weight excluding hydrogens is 1320 g/mol. The first kappa shape index (κ1) is 63.7. The average molecular weight is 1420 g/mol. The molecule has 8 aromatic carbocycles. The van der Waals surface area contributed by atoms with Crippen molar-refractivity contribution in [1.29, 1.82) is 0 Å². The quantitative estimate of drug-likeness (QED) is 0.0885. The van der Waals surface area contributed by atoms with Crippen LogP contribution in [0.4, 0.5) is 45.5 Å². The third kappa shape index (κ3) is 9.57. The van der Waals surface area contributed by atoms with Crippen molar-refractivity contribution in [2.45, 2.75) is 203 Å². The van der Waals surface area contributed by atoms with E-state index in [1.165, 1.54) is 187 Å². The Morgan fingerprint density at radius 2 is 0.426 bits per heavy atom. The molecule has 4 heterocycles. The minimum absolute atomic E-state index is 0.256. The van der Waals surface area contributed by atoms with Gasteiger partial charge in [-0.25, -0.2) is 58.7 Å². The Labute approximate surface area is 635 Å². The number of benzene rings is 8. The Bertz CT molecular complexity index is 4710. The van der Waals surface area contributed by atoms with Crippen LogP contribution in [0, 0.1) is 98.7 Å². The highest BCUT2D eigenvalue weighted by atomic mass is 15.6. The van der Waals surface area contributed by atoms with Gasteiger partial charge in [0.1, 0.15) is 25.3 Å². The molecular formula is C96H102N12. The molecule has 12 nitrogen and oxygen atoms in total. The summed E-state index contributed by atoms with van der Waals surface area (Å²) in [5, 5.41) is 17.0. The molecule has 28 rings (SSSR count). The van der Waals surface area contributed by atoms with Crippen LogP contribution in [0.15, 0.2) is 184 Å². The average Bonchev–Trinajstić information content (AvgIpc) is 1.19. The van der Waals surface area contributed by atoms with Crippen LogP contribution in [0.25, 0.3) is 32.3 Å². The van der Waals surface area contributed by atoms with Gasteiger partial charge in [0.25, 0.3) is 0 Å². The predicted molar refractivity (Wildman–Crippen MR) is 433 cm³/mol. The van der Waals surface area contributed by atoms with Crippen molar-refractivity contribution in [3.05, 3.63) is 229 Å². The van der Waals surface area contributed by atoms with Crippen LogP contribution < -0.4 is 20.0 Å². The molecule has 0 radical (unpaired) electrons. The molecule has 4 aromatic heterocycles. The second-order valence-corrected chi connectivity index (χ2v) is 38.6. The van der Waals surface area contributed by atoms with Gasteiger partial charge in [-0.15, -0.1) is 0 Å². The van der Waals surface area contributed by atoms with Gasteiger partial charge in [0, 0.05) is 57.1 Å². The number of aromatic nitrogens is 8. The maximum atomic E-state index is 4.99. The van der Waals surface area contributed by atoms with Gasteiger partial charge < -0.3 is 0 Å². The molecule has 16 fully saturated rings. The SMILES string of the molecule is Cc1cncn1N(c1ccc(C23CC4CC(CC(C4)C2)C3)cc1)c1cc(N(c2ccc(C34CC5CC(CC(C5)C3)C4)cc2)n2cncc2C)c2ccc3c(N(c4ccc(C56CC7CC(CC(C7)C5)C6)cc4)n4cncc4C)cc(N(c4ccc(C56CC7CC(CC(C7)C5)C6)cc4)n4cncc4C)c4ccc1c2c43. The van der Waals surface area contributed by atoms with E-state index in [2.05, 4.69) is 200 Å². The summed E-state index contributed by atoms with van der Waals surface area (Å²) in [6.07, 6.45) is 49.4. The molecule has 16 bridgehead atoms. The number of anilines is 8. The van der Waals surface area contributed by atoms with Gasteiger partial charge in [-0.05, 0) is 357 Å². The fourth-order valence-electron chi connectivity index (χ4n) is 29.1. The van der Waals surface area contributed by atoms with Gasteiger partial charge in [-0.1, -0.05) is 72.8 Å². The molecule has 16 saturated carbocycles. The van der Waals surface area contributed by atoms with Crippen LogP contribution >= 0.6 is 0 Å². The summed E-state index contributed by atoms with van der Waals surface area (Å²) in [4.78, 5) is 20.0. The fraction of sp³-hybridized carbons (Fsp3) is 0.458. The summed E-state index contributed by atoms with van der Waals surface area (Å²) < 4.78 is 9.25. The van der Waals surface area contributed by atoms with Gasteiger partial charge in [0.2, 0.25) is 0 Å². The first-order chi connectivity index (χ1) is 52.8. The Kier molecular flexibility index (Phi) is 13.7. The van der Waals surface area contributed by atoms with Crippen molar-refractivity contribution in [1.82, 2.24) is 38.6 Å². The van der Waals surface area contributed by atoms with Crippen LogP contribution in [0.1, 0.15) is 199 Å². The Morgan fingerprint density at radius 3 is 0.583 bits per heavy atom. The molecule has 0 N–H and O–H groups in total. The summed E-state index contributed by atoms with van der Waals surface area (Å²) in [5.41, 5.74) is 20.1. The van der Waals surface area contributed by atoms with Crippen molar-refractivity contribution in [3.63, 3.8) is 0 Å². The van der Waals surface area contributed by atoms with E-state index >= 15 is 0 Å². The molecule has 108 heavy (non-hydrogen) atoms. The fourth-order valence-corrected chi connectivity index (χ4v) is 29.1. The summed E-state index contributed by atoms with van der Waals surface area (Å²) in [5.74, 6) is 10.3. The number of nitrogens with zero attached hydrogens (tertiary/aromatic N) is 12. The number of hydrogen-bond acceptors (Lipinski definition) is 8. The lowest BCUT2D eigenvalue weighted by Crippen LogP contribution is -2.48. The van der Waals surface area contributed by atoms with Gasteiger partial charge >= 0.3 is 0 Å². The number of rotatable bonds is 16. The van der Waals surface area contributed by atoms with Gasteiger partial charge in [-0.2, -0.15) is 0 Å². The van der Waals surface area contributed by atoms with Gasteiger partial charge in [0.15, 0.2) is 0 Å². The van der Waals surface area contributed by atoms with Gasteiger partial charge in [0.05, 0.1) is 68.3 Å². The minimum atomic E-state index is 0.256.